The lowest BCUT2D eigenvalue weighted by Gasteiger charge is -2.27. The average Bonchev–Trinajstić information content (AvgIpc) is 2.42. The lowest BCUT2D eigenvalue weighted by atomic mass is 10.0. The van der Waals surface area contributed by atoms with Crippen LogP contribution in [0.2, 0.25) is 0 Å². The maximum atomic E-state index is 3.46. The molecule has 0 amide bonds. The zero-order chi connectivity index (χ0) is 10.4. The van der Waals surface area contributed by atoms with Crippen molar-refractivity contribution in [1.29, 1.82) is 0 Å². The Kier molecular flexibility index (Phi) is 5.49. The summed E-state index contributed by atoms with van der Waals surface area (Å²) in [7, 11) is 0. The summed E-state index contributed by atoms with van der Waals surface area (Å²) in [4.78, 5) is 2.64. The molecule has 14 heavy (non-hydrogen) atoms. The molecule has 0 saturated carbocycles. The first kappa shape index (κ1) is 12.0. The summed E-state index contributed by atoms with van der Waals surface area (Å²) >= 11 is 0. The second kappa shape index (κ2) is 6.41. The van der Waals surface area contributed by atoms with Crippen LogP contribution in [0.5, 0.6) is 0 Å². The van der Waals surface area contributed by atoms with E-state index in [4.69, 9.17) is 0 Å². The van der Waals surface area contributed by atoms with Gasteiger partial charge in [0.2, 0.25) is 0 Å². The summed E-state index contributed by atoms with van der Waals surface area (Å²) in [5, 5.41) is 3.46. The van der Waals surface area contributed by atoms with Gasteiger partial charge in [-0.15, -0.1) is 0 Å². The molecular weight excluding hydrogens is 172 g/mol. The summed E-state index contributed by atoms with van der Waals surface area (Å²) in [5.41, 5.74) is 0. The minimum absolute atomic E-state index is 0.775. The molecule has 2 nitrogen and oxygen atoms in total. The van der Waals surface area contributed by atoms with Crippen LogP contribution in [0, 0.1) is 5.92 Å². The monoisotopic (exact) mass is 198 g/mol. The molecule has 1 fully saturated rings. The Labute approximate surface area is 89.1 Å². The Hall–Kier alpha value is -0.0800. The summed E-state index contributed by atoms with van der Waals surface area (Å²) in [5.74, 6) is 0.850. The van der Waals surface area contributed by atoms with Crippen LogP contribution in [0.15, 0.2) is 0 Å². The Morgan fingerprint density at radius 2 is 1.86 bits per heavy atom. The van der Waals surface area contributed by atoms with Gasteiger partial charge in [-0.3, -0.25) is 4.90 Å². The maximum absolute atomic E-state index is 3.46. The Morgan fingerprint density at radius 1 is 1.07 bits per heavy atom. The van der Waals surface area contributed by atoms with Crippen molar-refractivity contribution in [3.8, 4) is 0 Å². The Morgan fingerprint density at radius 3 is 2.57 bits per heavy atom. The molecular formula is C12H26N2. The molecule has 0 aliphatic carbocycles. The van der Waals surface area contributed by atoms with Gasteiger partial charge in [-0.05, 0) is 45.2 Å². The highest BCUT2D eigenvalue weighted by atomic mass is 15.2. The number of nitrogens with one attached hydrogen (secondary N) is 1. The van der Waals surface area contributed by atoms with Gasteiger partial charge in [0.1, 0.15) is 0 Å². The van der Waals surface area contributed by atoms with Crippen molar-refractivity contribution in [3.05, 3.63) is 0 Å². The van der Waals surface area contributed by atoms with Crippen molar-refractivity contribution in [3.63, 3.8) is 0 Å². The molecule has 1 unspecified atom stereocenters. The largest absolute Gasteiger partial charge is 0.315 e. The fourth-order valence-corrected chi connectivity index (χ4v) is 2.06. The second-order valence-corrected chi connectivity index (χ2v) is 4.96. The van der Waals surface area contributed by atoms with Gasteiger partial charge < -0.3 is 5.32 Å². The highest BCUT2D eigenvalue weighted by molar-refractivity contribution is 4.72. The minimum atomic E-state index is 0.775. The molecule has 0 aromatic carbocycles. The first-order chi connectivity index (χ1) is 6.70. The third-order valence-electron chi connectivity index (χ3n) is 3.16. The molecule has 0 bridgehead atoms. The van der Waals surface area contributed by atoms with Gasteiger partial charge in [0.05, 0.1) is 0 Å². The van der Waals surface area contributed by atoms with Gasteiger partial charge in [0, 0.05) is 19.1 Å². The van der Waals surface area contributed by atoms with Crippen molar-refractivity contribution < 1.29 is 0 Å². The molecule has 84 valence electrons. The number of nitrogens with zero attached hydrogens (tertiary/aromatic N) is 1. The molecule has 1 saturated heterocycles. The molecule has 1 heterocycles. The van der Waals surface area contributed by atoms with Crippen LogP contribution in [0.3, 0.4) is 0 Å². The van der Waals surface area contributed by atoms with Gasteiger partial charge in [0.25, 0.3) is 0 Å². The smallest absolute Gasteiger partial charge is 0.0110 e. The molecule has 0 radical (unpaired) electrons. The molecule has 0 aromatic rings. The molecule has 1 rings (SSSR count). The normalized spacial score (nSPS) is 22.3. The highest BCUT2D eigenvalue weighted by Crippen LogP contribution is 2.12. The van der Waals surface area contributed by atoms with Crippen LogP contribution in [-0.4, -0.2) is 37.1 Å². The van der Waals surface area contributed by atoms with Gasteiger partial charge in [-0.25, -0.2) is 0 Å². The van der Waals surface area contributed by atoms with Crippen LogP contribution in [-0.2, 0) is 0 Å². The van der Waals surface area contributed by atoms with Crippen LogP contribution >= 0.6 is 0 Å². The molecule has 0 spiro atoms. The Balaban J connectivity index is 2.23. The molecule has 0 aromatic heterocycles. The van der Waals surface area contributed by atoms with E-state index in [0.717, 1.165) is 12.0 Å². The van der Waals surface area contributed by atoms with Crippen molar-refractivity contribution in [2.75, 3.05) is 26.2 Å². The van der Waals surface area contributed by atoms with Crippen LogP contribution in [0.25, 0.3) is 0 Å². The summed E-state index contributed by atoms with van der Waals surface area (Å²) in [6.45, 7) is 11.9. The minimum Gasteiger partial charge on any atom is -0.315 e. The number of hydrogen-bond donors (Lipinski definition) is 1. The lowest BCUT2D eigenvalue weighted by Crippen LogP contribution is -2.36. The average molecular weight is 198 g/mol. The van der Waals surface area contributed by atoms with E-state index < -0.39 is 0 Å². The molecule has 2 heteroatoms. The van der Waals surface area contributed by atoms with Gasteiger partial charge in [-0.1, -0.05) is 13.8 Å². The van der Waals surface area contributed by atoms with E-state index in [-0.39, 0.29) is 0 Å². The van der Waals surface area contributed by atoms with E-state index in [2.05, 4.69) is 31.0 Å². The third kappa shape index (κ3) is 4.43. The number of hydrogen-bond acceptors (Lipinski definition) is 2. The predicted molar refractivity (Wildman–Crippen MR) is 62.6 cm³/mol. The van der Waals surface area contributed by atoms with E-state index in [1.807, 2.05) is 0 Å². The molecule has 1 aliphatic rings. The quantitative estimate of drug-likeness (QED) is 0.744. The van der Waals surface area contributed by atoms with Crippen molar-refractivity contribution in [2.45, 2.75) is 46.1 Å². The zero-order valence-electron chi connectivity index (χ0n) is 10.1. The first-order valence-corrected chi connectivity index (χ1v) is 6.15. The fourth-order valence-electron chi connectivity index (χ4n) is 2.06. The maximum Gasteiger partial charge on any atom is 0.0110 e. The van der Waals surface area contributed by atoms with E-state index in [1.54, 1.807) is 0 Å². The fraction of sp³-hybridized carbons (Fsp3) is 1.00. The molecule has 1 aliphatic heterocycles. The highest BCUT2D eigenvalue weighted by Gasteiger charge is 2.15. The SMILES string of the molecule is CC(C)CCC(C)N1CCCNCC1. The van der Waals surface area contributed by atoms with E-state index in [9.17, 15) is 0 Å². The number of rotatable bonds is 4. The van der Waals surface area contributed by atoms with Crippen LogP contribution in [0.1, 0.15) is 40.0 Å². The molecule has 1 N–H and O–H groups in total. The summed E-state index contributed by atoms with van der Waals surface area (Å²) < 4.78 is 0. The Bertz CT molecular complexity index is 137. The van der Waals surface area contributed by atoms with Crippen molar-refractivity contribution >= 4 is 0 Å². The summed E-state index contributed by atoms with van der Waals surface area (Å²) in [6.07, 6.45) is 4.04. The van der Waals surface area contributed by atoms with E-state index >= 15 is 0 Å². The second-order valence-electron chi connectivity index (χ2n) is 4.96. The lowest BCUT2D eigenvalue weighted by molar-refractivity contribution is 0.205. The topological polar surface area (TPSA) is 15.3 Å². The third-order valence-corrected chi connectivity index (χ3v) is 3.16. The van der Waals surface area contributed by atoms with Crippen molar-refractivity contribution in [2.24, 2.45) is 5.92 Å². The predicted octanol–water partition coefficient (Wildman–Crippen LogP) is 2.11. The van der Waals surface area contributed by atoms with Crippen molar-refractivity contribution in [1.82, 2.24) is 10.2 Å². The summed E-state index contributed by atoms with van der Waals surface area (Å²) in [6, 6.07) is 0.775. The van der Waals surface area contributed by atoms with Crippen LogP contribution < -0.4 is 5.32 Å². The standard InChI is InChI=1S/C12H26N2/c1-11(2)5-6-12(3)14-9-4-7-13-8-10-14/h11-13H,4-10H2,1-3H3. The molecule has 1 atom stereocenters. The van der Waals surface area contributed by atoms with Crippen LogP contribution in [0.4, 0.5) is 0 Å². The van der Waals surface area contributed by atoms with E-state index in [1.165, 1.54) is 45.4 Å². The van der Waals surface area contributed by atoms with Gasteiger partial charge >= 0.3 is 0 Å². The van der Waals surface area contributed by atoms with Gasteiger partial charge in [0.15, 0.2) is 0 Å². The first-order valence-electron chi connectivity index (χ1n) is 6.15. The van der Waals surface area contributed by atoms with E-state index in [0.29, 0.717) is 0 Å². The zero-order valence-corrected chi connectivity index (χ0v) is 10.1. The van der Waals surface area contributed by atoms with Gasteiger partial charge in [-0.2, -0.15) is 0 Å².